The Kier molecular flexibility index (Phi) is 2.52. The maximum atomic E-state index is 11.5. The molecule has 0 aliphatic carbocycles. The van der Waals surface area contributed by atoms with E-state index in [0.717, 1.165) is 0 Å². The van der Waals surface area contributed by atoms with Gasteiger partial charge in [-0.25, -0.2) is 18.1 Å². The predicted octanol–water partition coefficient (Wildman–Crippen LogP) is -0.124. The van der Waals surface area contributed by atoms with Gasteiger partial charge in [-0.3, -0.25) is 0 Å². The molecule has 2 N–H and O–H groups in total. The number of H-pyrrole nitrogens is 1. The number of aromatic amines is 1. The Morgan fingerprint density at radius 1 is 1.53 bits per heavy atom. The van der Waals surface area contributed by atoms with Crippen LogP contribution in [0.25, 0.3) is 0 Å². The Hall–Kier alpha value is -1.67. The van der Waals surface area contributed by atoms with Crippen molar-refractivity contribution in [2.45, 2.75) is 11.6 Å². The number of hydrogen-bond donors (Lipinski definition) is 2. The SMILES string of the molecule is O=S(=O)(NCc1ccon1)c1cnc[nH]1. The molecule has 0 atom stereocenters. The fraction of sp³-hybridized carbons (Fsp3) is 0.143. The van der Waals surface area contributed by atoms with E-state index in [0.29, 0.717) is 5.69 Å². The third-order valence-corrected chi connectivity index (χ3v) is 3.02. The number of nitrogens with zero attached hydrogens (tertiary/aromatic N) is 2. The predicted molar refractivity (Wildman–Crippen MR) is 49.1 cm³/mol. The summed E-state index contributed by atoms with van der Waals surface area (Å²) in [4.78, 5) is 6.13. The number of nitrogens with one attached hydrogen (secondary N) is 2. The van der Waals surface area contributed by atoms with Gasteiger partial charge in [0.15, 0.2) is 5.03 Å². The molecule has 2 aromatic rings. The summed E-state index contributed by atoms with van der Waals surface area (Å²) >= 11 is 0. The normalized spacial score (nSPS) is 11.7. The second kappa shape index (κ2) is 3.83. The topological polar surface area (TPSA) is 101 Å². The number of imidazole rings is 1. The number of aromatic nitrogens is 3. The van der Waals surface area contributed by atoms with Crippen molar-refractivity contribution in [3.8, 4) is 0 Å². The standard InChI is InChI=1S/C7H8N4O3S/c12-15(13,7-4-8-5-9-7)10-3-6-1-2-14-11-6/h1-2,4-5,10H,3H2,(H,8,9). The van der Waals surface area contributed by atoms with Crippen LogP contribution in [-0.2, 0) is 16.6 Å². The summed E-state index contributed by atoms with van der Waals surface area (Å²) in [5.74, 6) is 0. The Bertz CT molecular complexity index is 502. The highest BCUT2D eigenvalue weighted by Gasteiger charge is 2.15. The van der Waals surface area contributed by atoms with Crippen molar-refractivity contribution in [2.24, 2.45) is 0 Å². The zero-order chi connectivity index (χ0) is 10.7. The van der Waals surface area contributed by atoms with E-state index in [2.05, 4.69) is 24.4 Å². The van der Waals surface area contributed by atoms with Crippen LogP contribution in [0.1, 0.15) is 5.69 Å². The average molecular weight is 228 g/mol. The van der Waals surface area contributed by atoms with E-state index in [4.69, 9.17) is 0 Å². The van der Waals surface area contributed by atoms with E-state index in [1.165, 1.54) is 18.8 Å². The molecule has 7 nitrogen and oxygen atoms in total. The lowest BCUT2D eigenvalue weighted by Gasteiger charge is -2.01. The van der Waals surface area contributed by atoms with Gasteiger partial charge in [0.1, 0.15) is 6.26 Å². The minimum absolute atomic E-state index is 0.0194. The molecule has 2 rings (SSSR count). The van der Waals surface area contributed by atoms with E-state index in [-0.39, 0.29) is 11.6 Å². The van der Waals surface area contributed by atoms with Crippen LogP contribution in [-0.4, -0.2) is 23.5 Å². The second-order valence-electron chi connectivity index (χ2n) is 2.73. The first-order chi connectivity index (χ1) is 7.18. The molecule has 2 aromatic heterocycles. The summed E-state index contributed by atoms with van der Waals surface area (Å²) in [6.07, 6.45) is 3.90. The van der Waals surface area contributed by atoms with Crippen molar-refractivity contribution in [3.63, 3.8) is 0 Å². The molecule has 0 spiro atoms. The van der Waals surface area contributed by atoms with Crippen molar-refractivity contribution >= 4 is 10.0 Å². The van der Waals surface area contributed by atoms with Crippen molar-refractivity contribution in [3.05, 3.63) is 30.5 Å². The highest BCUT2D eigenvalue weighted by molar-refractivity contribution is 7.89. The third kappa shape index (κ3) is 2.22. The molecule has 0 aliphatic heterocycles. The molecule has 80 valence electrons. The molecule has 0 amide bonds. The van der Waals surface area contributed by atoms with Crippen molar-refractivity contribution in [1.82, 2.24) is 19.8 Å². The van der Waals surface area contributed by atoms with Crippen LogP contribution in [0.5, 0.6) is 0 Å². The van der Waals surface area contributed by atoms with Gasteiger partial charge in [0.25, 0.3) is 10.0 Å². The summed E-state index contributed by atoms with van der Waals surface area (Å²) in [6.45, 7) is 0.0812. The van der Waals surface area contributed by atoms with Crippen LogP contribution in [0.15, 0.2) is 34.4 Å². The molecule has 8 heteroatoms. The number of hydrogen-bond acceptors (Lipinski definition) is 5. The van der Waals surface area contributed by atoms with E-state index in [1.807, 2.05) is 0 Å². The Morgan fingerprint density at radius 3 is 3.00 bits per heavy atom. The van der Waals surface area contributed by atoms with Crippen LogP contribution in [0, 0.1) is 0 Å². The Morgan fingerprint density at radius 2 is 2.40 bits per heavy atom. The molecule has 0 unspecified atom stereocenters. The highest BCUT2D eigenvalue weighted by Crippen LogP contribution is 2.03. The summed E-state index contributed by atoms with van der Waals surface area (Å²) in [6, 6.07) is 1.58. The van der Waals surface area contributed by atoms with Gasteiger partial charge < -0.3 is 9.51 Å². The van der Waals surface area contributed by atoms with Gasteiger partial charge in [-0.05, 0) is 0 Å². The van der Waals surface area contributed by atoms with Gasteiger partial charge in [0.2, 0.25) is 0 Å². The first-order valence-electron chi connectivity index (χ1n) is 4.06. The lowest BCUT2D eigenvalue weighted by atomic mass is 10.5. The first-order valence-corrected chi connectivity index (χ1v) is 5.54. The molecule has 15 heavy (non-hydrogen) atoms. The number of sulfonamides is 1. The molecule has 2 heterocycles. The maximum Gasteiger partial charge on any atom is 0.257 e. The van der Waals surface area contributed by atoms with E-state index >= 15 is 0 Å². The van der Waals surface area contributed by atoms with E-state index in [9.17, 15) is 8.42 Å². The van der Waals surface area contributed by atoms with Gasteiger partial charge in [0, 0.05) is 6.07 Å². The largest absolute Gasteiger partial charge is 0.364 e. The zero-order valence-corrected chi connectivity index (χ0v) is 8.36. The summed E-state index contributed by atoms with van der Waals surface area (Å²) < 4.78 is 30.0. The lowest BCUT2D eigenvalue weighted by Crippen LogP contribution is -2.23. The third-order valence-electron chi connectivity index (χ3n) is 1.70. The second-order valence-corrected chi connectivity index (χ2v) is 4.47. The highest BCUT2D eigenvalue weighted by atomic mass is 32.2. The van der Waals surface area contributed by atoms with E-state index in [1.54, 1.807) is 6.07 Å². The van der Waals surface area contributed by atoms with Crippen LogP contribution in [0.4, 0.5) is 0 Å². The molecular formula is C7H8N4O3S. The minimum atomic E-state index is -3.54. The van der Waals surface area contributed by atoms with Crippen molar-refractivity contribution in [1.29, 1.82) is 0 Å². The molecule has 0 saturated carbocycles. The molecule has 0 radical (unpaired) electrons. The minimum Gasteiger partial charge on any atom is -0.364 e. The Balaban J connectivity index is 2.06. The van der Waals surface area contributed by atoms with Gasteiger partial charge in [0.05, 0.1) is 24.8 Å². The van der Waals surface area contributed by atoms with Crippen LogP contribution in [0.2, 0.25) is 0 Å². The van der Waals surface area contributed by atoms with Gasteiger partial charge in [-0.1, -0.05) is 5.16 Å². The molecular weight excluding hydrogens is 220 g/mol. The molecule has 0 bridgehead atoms. The molecule has 0 saturated heterocycles. The maximum absolute atomic E-state index is 11.5. The average Bonchev–Trinajstić information content (AvgIpc) is 2.88. The fourth-order valence-corrected chi connectivity index (χ4v) is 1.87. The van der Waals surface area contributed by atoms with E-state index < -0.39 is 10.0 Å². The zero-order valence-electron chi connectivity index (χ0n) is 7.54. The Labute approximate surface area is 85.6 Å². The van der Waals surface area contributed by atoms with Crippen LogP contribution in [0.3, 0.4) is 0 Å². The lowest BCUT2D eigenvalue weighted by molar-refractivity contribution is 0.411. The first kappa shape index (κ1) is 9.87. The van der Waals surface area contributed by atoms with Gasteiger partial charge in [-0.2, -0.15) is 0 Å². The fourth-order valence-electron chi connectivity index (χ4n) is 0.966. The smallest absolute Gasteiger partial charge is 0.257 e. The molecule has 0 fully saturated rings. The summed E-state index contributed by atoms with van der Waals surface area (Å²) in [5.41, 5.74) is 0.512. The van der Waals surface area contributed by atoms with Crippen LogP contribution >= 0.6 is 0 Å². The van der Waals surface area contributed by atoms with Crippen LogP contribution < -0.4 is 4.72 Å². The quantitative estimate of drug-likeness (QED) is 0.759. The monoisotopic (exact) mass is 228 g/mol. The summed E-state index contributed by atoms with van der Waals surface area (Å²) in [5, 5.41) is 3.59. The van der Waals surface area contributed by atoms with Crippen molar-refractivity contribution < 1.29 is 12.9 Å². The number of rotatable bonds is 4. The molecule has 0 aliphatic rings. The van der Waals surface area contributed by atoms with Gasteiger partial charge >= 0.3 is 0 Å². The van der Waals surface area contributed by atoms with Crippen molar-refractivity contribution in [2.75, 3.05) is 0 Å². The molecule has 0 aromatic carbocycles. The summed E-state index contributed by atoms with van der Waals surface area (Å²) in [7, 11) is -3.54. The van der Waals surface area contributed by atoms with Gasteiger partial charge in [-0.15, -0.1) is 0 Å².